The van der Waals surface area contributed by atoms with Crippen LogP contribution in [0.15, 0.2) is 0 Å². The molecule has 2 rings (SSSR count). The molecular weight excluding hydrogens is 215 g/mol. The van der Waals surface area contributed by atoms with Gasteiger partial charge in [0.1, 0.15) is 0 Å². The number of halogens is 3. The van der Waals surface area contributed by atoms with Crippen molar-refractivity contribution in [2.24, 2.45) is 5.92 Å². The molecule has 1 spiro atoms. The van der Waals surface area contributed by atoms with Gasteiger partial charge in [-0.05, 0) is 31.6 Å². The Hall–Kier alpha value is -0.250. The molecule has 0 radical (unpaired) electrons. The van der Waals surface area contributed by atoms with Crippen molar-refractivity contribution < 1.29 is 13.2 Å². The van der Waals surface area contributed by atoms with E-state index in [1.54, 1.807) is 0 Å². The average Bonchev–Trinajstić information content (AvgIpc) is 2.18. The zero-order chi connectivity index (χ0) is 12.4. The summed E-state index contributed by atoms with van der Waals surface area (Å²) in [5.74, 6) is 0.470. The van der Waals surface area contributed by atoms with Crippen LogP contribution >= 0.6 is 0 Å². The lowest BCUT2D eigenvalue weighted by Crippen LogP contribution is -2.63. The third kappa shape index (κ3) is 2.53. The van der Waals surface area contributed by atoms with Crippen molar-refractivity contribution in [2.75, 3.05) is 6.54 Å². The smallest absolute Gasteiger partial charge is 0.209 e. The predicted octanol–water partition coefficient (Wildman–Crippen LogP) is 4.19. The van der Waals surface area contributed by atoms with Crippen LogP contribution in [0.5, 0.6) is 0 Å². The Morgan fingerprint density at radius 2 is 1.69 bits per heavy atom. The third-order valence-electron chi connectivity index (χ3n) is 3.61. The van der Waals surface area contributed by atoms with Crippen LogP contribution in [0.2, 0.25) is 0 Å². The summed E-state index contributed by atoms with van der Waals surface area (Å²) in [5.41, 5.74) is -0.518. The molecule has 0 N–H and O–H groups in total. The molecule has 1 heterocycles. The highest BCUT2D eigenvalue weighted by Gasteiger charge is 2.56. The molecule has 4 heteroatoms. The summed E-state index contributed by atoms with van der Waals surface area (Å²) < 4.78 is 38.1. The number of alkyl halides is 3. The molecular formula is C12H22F3N. The molecule has 0 aromatic rings. The molecule has 96 valence electrons. The Balaban J connectivity index is 0.000000606. The second-order valence-electron chi connectivity index (χ2n) is 4.81. The van der Waals surface area contributed by atoms with Crippen molar-refractivity contribution in [2.45, 2.75) is 64.7 Å². The maximum atomic E-state index is 12.7. The van der Waals surface area contributed by atoms with Crippen LogP contribution in [0.4, 0.5) is 13.2 Å². The molecule has 0 aromatic heterocycles. The van der Waals surface area contributed by atoms with Gasteiger partial charge in [0.15, 0.2) is 0 Å². The van der Waals surface area contributed by atoms with E-state index in [1.165, 1.54) is 0 Å². The van der Waals surface area contributed by atoms with Crippen LogP contribution in [0, 0.1) is 5.92 Å². The molecule has 0 atom stereocenters. The van der Waals surface area contributed by atoms with Crippen molar-refractivity contribution >= 4 is 0 Å². The molecule has 2 aliphatic rings. The van der Waals surface area contributed by atoms with Gasteiger partial charge in [0.25, 0.3) is 0 Å². The summed E-state index contributed by atoms with van der Waals surface area (Å²) >= 11 is 0. The van der Waals surface area contributed by atoms with Crippen LogP contribution in [-0.2, 0) is 0 Å². The number of nitrogens with zero attached hydrogens (tertiary/aromatic N) is 1. The van der Waals surface area contributed by atoms with Crippen LogP contribution < -0.4 is 0 Å². The van der Waals surface area contributed by atoms with Gasteiger partial charge in [0.05, 0.1) is 0 Å². The first-order valence-electron chi connectivity index (χ1n) is 6.28. The lowest BCUT2D eigenvalue weighted by atomic mass is 9.64. The standard InChI is InChI=1S/C10H16F3N.C2H6/c1-8-6-9(7-8)4-2-3-5-14(9)10(11,12)13;1-2/h8H,2-7H2,1H3;1-2H3. The maximum Gasteiger partial charge on any atom is 0.460 e. The van der Waals surface area contributed by atoms with E-state index in [-0.39, 0.29) is 6.54 Å². The van der Waals surface area contributed by atoms with Crippen molar-refractivity contribution in [3.63, 3.8) is 0 Å². The molecule has 0 unspecified atom stereocenters. The minimum atomic E-state index is -4.12. The highest BCUT2D eigenvalue weighted by molar-refractivity contribution is 5.03. The van der Waals surface area contributed by atoms with Crippen molar-refractivity contribution in [1.82, 2.24) is 4.90 Å². The van der Waals surface area contributed by atoms with Crippen molar-refractivity contribution in [3.8, 4) is 0 Å². The molecule has 1 saturated carbocycles. The lowest BCUT2D eigenvalue weighted by Gasteiger charge is -2.56. The summed E-state index contributed by atoms with van der Waals surface area (Å²) in [6.45, 7) is 6.24. The first-order valence-corrected chi connectivity index (χ1v) is 6.28. The van der Waals surface area contributed by atoms with Crippen LogP contribution in [0.25, 0.3) is 0 Å². The lowest BCUT2D eigenvalue weighted by molar-refractivity contribution is -0.300. The minimum absolute atomic E-state index is 0.205. The first-order chi connectivity index (χ1) is 7.44. The highest BCUT2D eigenvalue weighted by Crippen LogP contribution is 2.51. The van der Waals surface area contributed by atoms with Gasteiger partial charge in [-0.2, -0.15) is 13.2 Å². The van der Waals surface area contributed by atoms with Crippen molar-refractivity contribution in [3.05, 3.63) is 0 Å². The Morgan fingerprint density at radius 3 is 2.12 bits per heavy atom. The van der Waals surface area contributed by atoms with E-state index in [0.29, 0.717) is 12.3 Å². The van der Waals surface area contributed by atoms with E-state index in [1.807, 2.05) is 20.8 Å². The van der Waals surface area contributed by atoms with Gasteiger partial charge in [-0.25, -0.2) is 4.90 Å². The molecule has 2 fully saturated rings. The van der Waals surface area contributed by atoms with Crippen LogP contribution in [0.1, 0.15) is 52.9 Å². The van der Waals surface area contributed by atoms with Crippen LogP contribution in [0.3, 0.4) is 0 Å². The van der Waals surface area contributed by atoms with Gasteiger partial charge in [-0.15, -0.1) is 0 Å². The van der Waals surface area contributed by atoms with Gasteiger partial charge in [0.2, 0.25) is 0 Å². The van der Waals surface area contributed by atoms with Gasteiger partial charge < -0.3 is 0 Å². The average molecular weight is 237 g/mol. The molecule has 0 aromatic carbocycles. The molecule has 0 bridgehead atoms. The SMILES string of the molecule is CC.CC1CC2(CCCCN2C(F)(F)F)C1. The number of likely N-dealkylation sites (tertiary alicyclic amines) is 1. The number of rotatable bonds is 0. The summed E-state index contributed by atoms with van der Waals surface area (Å²) in [4.78, 5) is 0.795. The van der Waals surface area contributed by atoms with Crippen LogP contribution in [-0.4, -0.2) is 23.3 Å². The second-order valence-corrected chi connectivity index (χ2v) is 4.81. The zero-order valence-corrected chi connectivity index (χ0v) is 10.4. The van der Waals surface area contributed by atoms with E-state index in [0.717, 1.165) is 30.6 Å². The van der Waals surface area contributed by atoms with Gasteiger partial charge in [0, 0.05) is 12.1 Å². The number of piperidine rings is 1. The Bertz CT molecular complexity index is 213. The van der Waals surface area contributed by atoms with Gasteiger partial charge >= 0.3 is 6.30 Å². The maximum absolute atomic E-state index is 12.7. The van der Waals surface area contributed by atoms with E-state index < -0.39 is 11.8 Å². The second kappa shape index (κ2) is 4.94. The van der Waals surface area contributed by atoms with E-state index in [4.69, 9.17) is 0 Å². The summed E-state index contributed by atoms with van der Waals surface area (Å²) in [7, 11) is 0. The fourth-order valence-corrected chi connectivity index (χ4v) is 3.15. The summed E-state index contributed by atoms with van der Waals surface area (Å²) in [6, 6.07) is 0. The van der Waals surface area contributed by atoms with E-state index in [9.17, 15) is 13.2 Å². The monoisotopic (exact) mass is 237 g/mol. The fraction of sp³-hybridized carbons (Fsp3) is 1.00. The highest BCUT2D eigenvalue weighted by atomic mass is 19.4. The zero-order valence-electron chi connectivity index (χ0n) is 10.4. The molecule has 1 saturated heterocycles. The van der Waals surface area contributed by atoms with Gasteiger partial charge in [-0.1, -0.05) is 27.2 Å². The number of hydrogen-bond donors (Lipinski definition) is 0. The van der Waals surface area contributed by atoms with Gasteiger partial charge in [-0.3, -0.25) is 0 Å². The molecule has 1 aliphatic heterocycles. The largest absolute Gasteiger partial charge is 0.460 e. The topological polar surface area (TPSA) is 3.24 Å². The third-order valence-corrected chi connectivity index (χ3v) is 3.61. The molecule has 16 heavy (non-hydrogen) atoms. The quantitative estimate of drug-likeness (QED) is 0.571. The Labute approximate surface area is 96.0 Å². The normalized spacial score (nSPS) is 35.2. The molecule has 0 amide bonds. The summed E-state index contributed by atoms with van der Waals surface area (Å²) in [5, 5.41) is 0. The fourth-order valence-electron chi connectivity index (χ4n) is 3.15. The van der Waals surface area contributed by atoms with E-state index >= 15 is 0 Å². The Kier molecular flexibility index (Phi) is 4.27. The Morgan fingerprint density at radius 1 is 1.12 bits per heavy atom. The van der Waals surface area contributed by atoms with Crippen molar-refractivity contribution in [1.29, 1.82) is 0 Å². The number of hydrogen-bond acceptors (Lipinski definition) is 1. The minimum Gasteiger partial charge on any atom is -0.209 e. The predicted molar refractivity (Wildman–Crippen MR) is 59.1 cm³/mol. The molecule has 1 aliphatic carbocycles. The first kappa shape index (κ1) is 13.8. The molecule has 1 nitrogen and oxygen atoms in total. The van der Waals surface area contributed by atoms with E-state index in [2.05, 4.69) is 0 Å². The summed E-state index contributed by atoms with van der Waals surface area (Å²) in [6.07, 6.45) is -0.286.